The number of ether oxygens (including phenoxy) is 2. The molecule has 0 atom stereocenters. The van der Waals surface area contributed by atoms with Gasteiger partial charge in [-0.1, -0.05) is 42.5 Å². The van der Waals surface area contributed by atoms with Crippen molar-refractivity contribution >= 4 is 29.3 Å². The maximum absolute atomic E-state index is 13.8. The van der Waals surface area contributed by atoms with Crippen LogP contribution in [0.15, 0.2) is 90.0 Å². The summed E-state index contributed by atoms with van der Waals surface area (Å²) in [4.78, 5) is 19.2. The number of anilines is 1. The number of pyridine rings is 1. The second-order valence-corrected chi connectivity index (χ2v) is 10.7. The van der Waals surface area contributed by atoms with Crippen molar-refractivity contribution in [3.8, 4) is 22.9 Å². The molecule has 43 heavy (non-hydrogen) atoms. The van der Waals surface area contributed by atoms with E-state index in [1.54, 1.807) is 43.5 Å². The molecule has 2 heterocycles. The summed E-state index contributed by atoms with van der Waals surface area (Å²) in [5, 5.41) is 10.2. The molecule has 218 valence electrons. The lowest BCUT2D eigenvalue weighted by atomic mass is 10.0. The maximum Gasteiger partial charge on any atom is 0.280 e. The van der Waals surface area contributed by atoms with Crippen LogP contribution in [0.3, 0.4) is 0 Å². The van der Waals surface area contributed by atoms with Crippen molar-refractivity contribution in [1.82, 2.24) is 4.98 Å². The highest BCUT2D eigenvalue weighted by molar-refractivity contribution is 7.98. The molecule has 0 N–H and O–H groups in total. The Bertz CT molecular complexity index is 1650. The summed E-state index contributed by atoms with van der Waals surface area (Å²) in [6.07, 6.45) is 0.469. The first-order valence-corrected chi connectivity index (χ1v) is 14.7. The van der Waals surface area contributed by atoms with Gasteiger partial charge in [-0.2, -0.15) is 5.26 Å². The Morgan fingerprint density at radius 2 is 1.84 bits per heavy atom. The van der Waals surface area contributed by atoms with Gasteiger partial charge in [-0.3, -0.25) is 4.79 Å². The molecule has 5 rings (SSSR count). The smallest absolute Gasteiger partial charge is 0.280 e. The van der Waals surface area contributed by atoms with Crippen LogP contribution in [0.1, 0.15) is 39.2 Å². The monoisotopic (exact) mass is 597 g/mol. The van der Waals surface area contributed by atoms with Gasteiger partial charge < -0.3 is 14.4 Å². The predicted octanol–water partition coefficient (Wildman–Crippen LogP) is 7.59. The summed E-state index contributed by atoms with van der Waals surface area (Å²) in [6, 6.07) is 25.4. The van der Waals surface area contributed by atoms with Crippen molar-refractivity contribution in [2.75, 3.05) is 38.3 Å². The van der Waals surface area contributed by atoms with Crippen molar-refractivity contribution in [3.63, 3.8) is 0 Å². The van der Waals surface area contributed by atoms with Gasteiger partial charge >= 0.3 is 0 Å². The fourth-order valence-electron chi connectivity index (χ4n) is 4.80. The fourth-order valence-corrected chi connectivity index (χ4v) is 5.79. The van der Waals surface area contributed by atoms with E-state index < -0.39 is 6.43 Å². The molecule has 1 saturated heterocycles. The van der Waals surface area contributed by atoms with E-state index in [1.165, 1.54) is 23.9 Å². The first-order chi connectivity index (χ1) is 21.0. The first-order valence-electron chi connectivity index (χ1n) is 13.7. The lowest BCUT2D eigenvalue weighted by Crippen LogP contribution is -2.36. The van der Waals surface area contributed by atoms with Crippen LogP contribution >= 0.6 is 11.8 Å². The minimum atomic E-state index is -2.79. The Morgan fingerprint density at radius 1 is 1.09 bits per heavy atom. The van der Waals surface area contributed by atoms with E-state index in [0.717, 1.165) is 29.9 Å². The Balaban J connectivity index is 1.34. The number of carbonyl (C=O) groups excluding carboxylic acids is 1. The van der Waals surface area contributed by atoms with Crippen LogP contribution in [0.2, 0.25) is 0 Å². The van der Waals surface area contributed by atoms with Crippen LogP contribution in [0.25, 0.3) is 17.2 Å². The molecule has 6 nitrogen and oxygen atoms in total. The number of rotatable bonds is 10. The quantitative estimate of drug-likeness (QED) is 0.106. The molecule has 1 fully saturated rings. The molecule has 0 saturated carbocycles. The fraction of sp³-hybridized carbons (Fsp3) is 0.206. The Morgan fingerprint density at radius 3 is 2.51 bits per heavy atom. The molecule has 1 aliphatic heterocycles. The van der Waals surface area contributed by atoms with Gasteiger partial charge in [0.15, 0.2) is 5.78 Å². The zero-order valence-corrected chi connectivity index (χ0v) is 24.3. The largest absolute Gasteiger partial charge is 0.496 e. The number of carbonyl (C=O) groups is 1. The maximum atomic E-state index is 13.8. The van der Waals surface area contributed by atoms with Crippen molar-refractivity contribution in [3.05, 3.63) is 113 Å². The number of aromatic nitrogens is 1. The number of benzene rings is 3. The van der Waals surface area contributed by atoms with Crippen LogP contribution < -0.4 is 9.64 Å². The molecular formula is C34H29F2N3O3S. The summed E-state index contributed by atoms with van der Waals surface area (Å²) >= 11 is 1.19. The molecular weight excluding hydrogens is 568 g/mol. The van der Waals surface area contributed by atoms with E-state index >= 15 is 0 Å². The standard InChI is InChI=1S/C34H29F2N3O3S/c1-41-32-14-8-23(7-13-31(40)25-9-11-27(12-10-25)39-15-17-42-18-16-39)19-26(32)22-43-34-29(21-37)28(20-30(38-34)33(35)36)24-5-3-2-4-6-24/h2-14,19-20,33H,15-18,22H2,1H3/b13-7+. The highest BCUT2D eigenvalue weighted by atomic mass is 32.2. The highest BCUT2D eigenvalue weighted by Gasteiger charge is 2.20. The van der Waals surface area contributed by atoms with E-state index in [-0.39, 0.29) is 22.1 Å². The molecule has 0 aliphatic carbocycles. The van der Waals surface area contributed by atoms with E-state index in [0.29, 0.717) is 41.4 Å². The van der Waals surface area contributed by atoms with Gasteiger partial charge in [0.05, 0.1) is 25.9 Å². The zero-order chi connectivity index (χ0) is 30.2. The topological polar surface area (TPSA) is 75.4 Å². The van der Waals surface area contributed by atoms with Gasteiger partial charge in [-0.25, -0.2) is 13.8 Å². The summed E-state index contributed by atoms with van der Waals surface area (Å²) in [6.45, 7) is 3.03. The Hall–Kier alpha value is -4.52. The molecule has 1 aliphatic rings. The minimum absolute atomic E-state index is 0.125. The SMILES string of the molecule is COc1ccc(/C=C/C(=O)c2ccc(N3CCOCC3)cc2)cc1CSc1nc(C(F)F)cc(-c2ccccc2)c1C#N. The molecule has 0 spiro atoms. The molecule has 3 aromatic carbocycles. The number of allylic oxidation sites excluding steroid dienone is 1. The predicted molar refractivity (Wildman–Crippen MR) is 165 cm³/mol. The van der Waals surface area contributed by atoms with Crippen LogP contribution in [0.5, 0.6) is 5.75 Å². The van der Waals surface area contributed by atoms with Crippen LogP contribution in [0.4, 0.5) is 14.5 Å². The molecule has 4 aromatic rings. The summed E-state index contributed by atoms with van der Waals surface area (Å²) in [7, 11) is 1.55. The average Bonchev–Trinajstić information content (AvgIpc) is 3.06. The Kier molecular flexibility index (Phi) is 9.82. The third-order valence-corrected chi connectivity index (χ3v) is 8.07. The van der Waals surface area contributed by atoms with Crippen LogP contribution in [0, 0.1) is 11.3 Å². The molecule has 0 amide bonds. The Labute approximate surface area is 253 Å². The van der Waals surface area contributed by atoms with Gasteiger partial charge in [0.1, 0.15) is 22.5 Å². The third-order valence-electron chi connectivity index (χ3n) is 7.05. The summed E-state index contributed by atoms with van der Waals surface area (Å²) < 4.78 is 38.5. The lowest BCUT2D eigenvalue weighted by molar-refractivity contribution is 0.104. The number of methoxy groups -OCH3 is 1. The highest BCUT2D eigenvalue weighted by Crippen LogP contribution is 2.36. The number of nitrogens with zero attached hydrogens (tertiary/aromatic N) is 3. The van der Waals surface area contributed by atoms with Gasteiger partial charge in [0, 0.05) is 41.2 Å². The lowest BCUT2D eigenvalue weighted by Gasteiger charge is -2.28. The van der Waals surface area contributed by atoms with E-state index in [9.17, 15) is 18.8 Å². The molecule has 1 aromatic heterocycles. The average molecular weight is 598 g/mol. The van der Waals surface area contributed by atoms with Crippen LogP contribution in [-0.4, -0.2) is 44.2 Å². The second kappa shape index (κ2) is 14.1. The van der Waals surface area contributed by atoms with Gasteiger partial charge in [-0.05, 0) is 59.7 Å². The first kappa shape index (κ1) is 30.0. The number of alkyl halides is 2. The van der Waals surface area contributed by atoms with Crippen LogP contribution in [-0.2, 0) is 10.5 Å². The number of hydrogen-bond donors (Lipinski definition) is 0. The number of halogens is 2. The number of hydrogen-bond acceptors (Lipinski definition) is 7. The van der Waals surface area contributed by atoms with Gasteiger partial charge in [0.25, 0.3) is 6.43 Å². The molecule has 0 radical (unpaired) electrons. The number of nitriles is 1. The number of thioether (sulfide) groups is 1. The second-order valence-electron chi connectivity index (χ2n) is 9.76. The van der Waals surface area contributed by atoms with E-state index in [4.69, 9.17) is 9.47 Å². The molecule has 9 heteroatoms. The van der Waals surface area contributed by atoms with Crippen molar-refractivity contribution in [2.24, 2.45) is 0 Å². The molecule has 0 unspecified atom stereocenters. The van der Waals surface area contributed by atoms with Crippen molar-refractivity contribution < 1.29 is 23.0 Å². The van der Waals surface area contributed by atoms with Crippen molar-refractivity contribution in [2.45, 2.75) is 17.2 Å². The molecule has 0 bridgehead atoms. The number of ketones is 1. The van der Waals surface area contributed by atoms with Crippen molar-refractivity contribution in [1.29, 1.82) is 5.26 Å². The zero-order valence-electron chi connectivity index (χ0n) is 23.5. The van der Waals surface area contributed by atoms with E-state index in [2.05, 4.69) is 16.0 Å². The normalized spacial score (nSPS) is 13.3. The minimum Gasteiger partial charge on any atom is -0.496 e. The number of morpholine rings is 1. The van der Waals surface area contributed by atoms with E-state index in [1.807, 2.05) is 42.5 Å². The third kappa shape index (κ3) is 7.28. The summed E-state index contributed by atoms with van der Waals surface area (Å²) in [5.41, 5.74) is 4.11. The summed E-state index contributed by atoms with van der Waals surface area (Å²) in [5.74, 6) is 0.784. The van der Waals surface area contributed by atoms with Gasteiger partial charge in [0.2, 0.25) is 0 Å². The van der Waals surface area contributed by atoms with Gasteiger partial charge in [-0.15, -0.1) is 11.8 Å².